The van der Waals surface area contributed by atoms with Gasteiger partial charge in [0, 0.05) is 31.1 Å². The number of carbonyl (C=O) groups is 1. The van der Waals surface area contributed by atoms with E-state index in [1.165, 1.54) is 25.0 Å². The Morgan fingerprint density at radius 2 is 2.03 bits per heavy atom. The first-order valence-corrected chi connectivity index (χ1v) is 10.5. The molecule has 1 aromatic carbocycles. The molecule has 152 valence electrons. The number of benzene rings is 1. The molecule has 1 aromatic heterocycles. The number of fused-ring (bicyclic) bond motifs is 1. The first-order valence-electron chi connectivity index (χ1n) is 10.5. The van der Waals surface area contributed by atoms with Gasteiger partial charge in [-0.15, -0.1) is 0 Å². The zero-order valence-corrected chi connectivity index (χ0v) is 16.4. The summed E-state index contributed by atoms with van der Waals surface area (Å²) in [5.74, 6) is 0.928. The highest BCUT2D eigenvalue weighted by Gasteiger charge is 2.32. The number of likely N-dealkylation sites (tertiary alicyclic amines) is 1. The van der Waals surface area contributed by atoms with Gasteiger partial charge in [0.1, 0.15) is 11.6 Å². The fourth-order valence-corrected chi connectivity index (χ4v) is 4.52. The molecule has 6 nitrogen and oxygen atoms in total. The van der Waals surface area contributed by atoms with Crippen molar-refractivity contribution in [1.82, 2.24) is 19.8 Å². The van der Waals surface area contributed by atoms with Gasteiger partial charge in [0.05, 0.1) is 17.8 Å². The summed E-state index contributed by atoms with van der Waals surface area (Å²) in [5.41, 5.74) is 1.27. The number of nitrogens with one attached hydrogen (secondary N) is 1. The van der Waals surface area contributed by atoms with Crippen molar-refractivity contribution in [3.63, 3.8) is 0 Å². The number of rotatable bonds is 4. The van der Waals surface area contributed by atoms with Crippen molar-refractivity contribution in [1.29, 1.82) is 0 Å². The van der Waals surface area contributed by atoms with Gasteiger partial charge in [-0.3, -0.25) is 9.59 Å². The second-order valence-corrected chi connectivity index (χ2v) is 8.52. The van der Waals surface area contributed by atoms with E-state index >= 15 is 0 Å². The van der Waals surface area contributed by atoms with Crippen LogP contribution < -0.4 is 5.56 Å². The molecule has 3 heterocycles. The second kappa shape index (κ2) is 7.37. The molecule has 1 atom stereocenters. The second-order valence-electron chi connectivity index (χ2n) is 8.52. The Bertz CT molecular complexity index is 1000. The summed E-state index contributed by atoms with van der Waals surface area (Å²) in [6.07, 6.45) is 4.10. The quantitative estimate of drug-likeness (QED) is 0.861. The fourth-order valence-electron chi connectivity index (χ4n) is 4.52. The van der Waals surface area contributed by atoms with Crippen molar-refractivity contribution in [2.75, 3.05) is 26.2 Å². The summed E-state index contributed by atoms with van der Waals surface area (Å²) in [5, 5.41) is 0. The maximum atomic E-state index is 14.0. The van der Waals surface area contributed by atoms with Gasteiger partial charge in [-0.1, -0.05) is 12.1 Å². The molecule has 0 unspecified atom stereocenters. The van der Waals surface area contributed by atoms with Gasteiger partial charge in [0.25, 0.3) is 11.5 Å². The van der Waals surface area contributed by atoms with E-state index in [9.17, 15) is 14.0 Å². The number of hydrogen-bond donors (Lipinski definition) is 1. The lowest BCUT2D eigenvalue weighted by Crippen LogP contribution is -2.40. The molecule has 3 aliphatic rings. The van der Waals surface area contributed by atoms with Crippen molar-refractivity contribution in [3.05, 3.63) is 63.1 Å². The van der Waals surface area contributed by atoms with E-state index in [1.807, 2.05) is 0 Å². The van der Waals surface area contributed by atoms with Crippen LogP contribution in [0, 0.1) is 11.7 Å². The Hall–Kier alpha value is -2.54. The van der Waals surface area contributed by atoms with Crippen LogP contribution >= 0.6 is 0 Å². The number of aromatic nitrogens is 2. The molecular formula is C22H25FN4O2. The van der Waals surface area contributed by atoms with Gasteiger partial charge < -0.3 is 14.8 Å². The summed E-state index contributed by atoms with van der Waals surface area (Å²) in [7, 11) is 0. The average molecular weight is 396 g/mol. The number of amides is 1. The standard InChI is InChI=1S/C22H25FN4O2/c23-18-4-2-1-3-16(18)22(29)27-10-8-17-19(13-27)24-20(25-21(17)28)15-7-9-26(12-15)11-14-5-6-14/h1-4,14-15H,5-13H2,(H,24,25,28)/t15-/m1/s1. The largest absolute Gasteiger partial charge is 0.332 e. The summed E-state index contributed by atoms with van der Waals surface area (Å²) in [4.78, 5) is 37.2. The molecule has 0 radical (unpaired) electrons. The lowest BCUT2D eigenvalue weighted by Gasteiger charge is -2.28. The molecule has 0 spiro atoms. The van der Waals surface area contributed by atoms with Gasteiger partial charge in [0.2, 0.25) is 0 Å². The molecule has 0 bridgehead atoms. The summed E-state index contributed by atoms with van der Waals surface area (Å²) in [6.45, 7) is 3.76. The molecule has 5 rings (SSSR count). The van der Waals surface area contributed by atoms with Gasteiger partial charge >= 0.3 is 0 Å². The molecular weight excluding hydrogens is 371 g/mol. The highest BCUT2D eigenvalue weighted by molar-refractivity contribution is 5.94. The predicted molar refractivity (Wildman–Crippen MR) is 106 cm³/mol. The van der Waals surface area contributed by atoms with E-state index in [0.29, 0.717) is 24.2 Å². The Morgan fingerprint density at radius 3 is 2.83 bits per heavy atom. The third-order valence-electron chi connectivity index (χ3n) is 6.36. The Kier molecular flexibility index (Phi) is 4.70. The summed E-state index contributed by atoms with van der Waals surface area (Å²) < 4.78 is 14.0. The van der Waals surface area contributed by atoms with Crippen molar-refractivity contribution in [2.24, 2.45) is 5.92 Å². The summed E-state index contributed by atoms with van der Waals surface area (Å²) in [6, 6.07) is 6.01. The average Bonchev–Trinajstić information content (AvgIpc) is 3.41. The first-order chi connectivity index (χ1) is 14.1. The zero-order chi connectivity index (χ0) is 20.0. The highest BCUT2D eigenvalue weighted by atomic mass is 19.1. The van der Waals surface area contributed by atoms with Crippen molar-refractivity contribution in [3.8, 4) is 0 Å². The van der Waals surface area contributed by atoms with Crippen molar-refractivity contribution >= 4 is 5.91 Å². The number of carbonyl (C=O) groups excluding carboxylic acids is 1. The van der Waals surface area contributed by atoms with Crippen LogP contribution in [0.2, 0.25) is 0 Å². The molecule has 1 N–H and O–H groups in total. The number of hydrogen-bond acceptors (Lipinski definition) is 4. The SMILES string of the molecule is O=C(c1ccccc1F)N1CCc2c(nc([C@@H]3CCN(CC4CC4)C3)[nH]c2=O)C1. The molecule has 2 aliphatic heterocycles. The third kappa shape index (κ3) is 3.71. The van der Waals surface area contributed by atoms with Crippen LogP contribution in [-0.4, -0.2) is 51.9 Å². The monoisotopic (exact) mass is 396 g/mol. The van der Waals surface area contributed by atoms with Crippen LogP contribution in [-0.2, 0) is 13.0 Å². The minimum Gasteiger partial charge on any atom is -0.332 e. The van der Waals surface area contributed by atoms with E-state index in [4.69, 9.17) is 4.98 Å². The van der Waals surface area contributed by atoms with Gasteiger partial charge in [-0.25, -0.2) is 9.37 Å². The van der Waals surface area contributed by atoms with E-state index < -0.39 is 5.82 Å². The molecule has 1 aliphatic carbocycles. The first kappa shape index (κ1) is 18.5. The number of nitrogens with zero attached hydrogens (tertiary/aromatic N) is 3. The van der Waals surface area contributed by atoms with Crippen LogP contribution in [0.1, 0.15) is 52.6 Å². The van der Waals surface area contributed by atoms with E-state index in [0.717, 1.165) is 37.8 Å². The predicted octanol–water partition coefficient (Wildman–Crippen LogP) is 2.31. The number of H-pyrrole nitrogens is 1. The Labute approximate surface area is 168 Å². The molecule has 1 saturated heterocycles. The maximum Gasteiger partial charge on any atom is 0.257 e. The van der Waals surface area contributed by atoms with Crippen molar-refractivity contribution in [2.45, 2.75) is 38.1 Å². The highest BCUT2D eigenvalue weighted by Crippen LogP contribution is 2.33. The molecule has 7 heteroatoms. The molecule has 29 heavy (non-hydrogen) atoms. The molecule has 2 aromatic rings. The summed E-state index contributed by atoms with van der Waals surface area (Å²) >= 11 is 0. The minimum absolute atomic E-state index is 0.0625. The fraction of sp³-hybridized carbons (Fsp3) is 0.500. The van der Waals surface area contributed by atoms with Crippen LogP contribution in [0.5, 0.6) is 0 Å². The third-order valence-corrected chi connectivity index (χ3v) is 6.36. The van der Waals surface area contributed by atoms with Crippen LogP contribution in [0.25, 0.3) is 0 Å². The van der Waals surface area contributed by atoms with Gasteiger partial charge in [-0.2, -0.15) is 0 Å². The van der Waals surface area contributed by atoms with Crippen LogP contribution in [0.3, 0.4) is 0 Å². The maximum absolute atomic E-state index is 14.0. The van der Waals surface area contributed by atoms with Gasteiger partial charge in [0.15, 0.2) is 0 Å². The van der Waals surface area contributed by atoms with Crippen LogP contribution in [0.15, 0.2) is 29.1 Å². The van der Waals surface area contributed by atoms with Crippen LogP contribution in [0.4, 0.5) is 4.39 Å². The van der Waals surface area contributed by atoms with E-state index in [2.05, 4.69) is 9.88 Å². The van der Waals surface area contributed by atoms with E-state index in [1.54, 1.807) is 17.0 Å². The van der Waals surface area contributed by atoms with Gasteiger partial charge in [-0.05, 0) is 50.3 Å². The lowest BCUT2D eigenvalue weighted by atomic mass is 10.0. The minimum atomic E-state index is -0.524. The van der Waals surface area contributed by atoms with E-state index in [-0.39, 0.29) is 29.5 Å². The lowest BCUT2D eigenvalue weighted by molar-refractivity contribution is 0.0726. The number of aromatic amines is 1. The Balaban J connectivity index is 1.35. The normalized spacial score (nSPS) is 22.0. The van der Waals surface area contributed by atoms with Crippen molar-refractivity contribution < 1.29 is 9.18 Å². The molecule has 1 saturated carbocycles. The zero-order valence-electron chi connectivity index (χ0n) is 16.4. The topological polar surface area (TPSA) is 69.3 Å². The smallest absolute Gasteiger partial charge is 0.257 e. The molecule has 2 fully saturated rings. The Morgan fingerprint density at radius 1 is 1.21 bits per heavy atom. The molecule has 1 amide bonds. The number of halogens is 1.